The summed E-state index contributed by atoms with van der Waals surface area (Å²) in [6.07, 6.45) is 2.87. The number of ether oxygens (including phenoxy) is 1. The summed E-state index contributed by atoms with van der Waals surface area (Å²) in [6, 6.07) is 3.85. The molecule has 2 N–H and O–H groups in total. The zero-order valence-corrected chi connectivity index (χ0v) is 11.8. The van der Waals surface area contributed by atoms with Crippen LogP contribution in [0.25, 0.3) is 6.08 Å². The number of amides is 1. The number of carbonyl (C=O) groups is 2. The van der Waals surface area contributed by atoms with Gasteiger partial charge in [0, 0.05) is 25.8 Å². The molecule has 0 saturated heterocycles. The SMILES string of the molecule is CCOCCCNC(=O)c1cc(C=CC(=O)O)ccc1F. The number of carboxylic acid groups (broad SMARTS) is 1. The first-order valence-electron chi connectivity index (χ1n) is 6.61. The van der Waals surface area contributed by atoms with Gasteiger partial charge in [0.15, 0.2) is 0 Å². The Morgan fingerprint density at radius 1 is 1.43 bits per heavy atom. The second-order valence-corrected chi connectivity index (χ2v) is 4.22. The van der Waals surface area contributed by atoms with Gasteiger partial charge < -0.3 is 15.2 Å². The predicted molar refractivity (Wildman–Crippen MR) is 76.5 cm³/mol. The predicted octanol–water partition coefficient (Wildman–Crippen LogP) is 2.08. The van der Waals surface area contributed by atoms with Crippen molar-refractivity contribution in [2.75, 3.05) is 19.8 Å². The molecule has 0 aromatic heterocycles. The van der Waals surface area contributed by atoms with Crippen LogP contribution in [-0.4, -0.2) is 36.7 Å². The van der Waals surface area contributed by atoms with E-state index in [1.54, 1.807) is 0 Å². The summed E-state index contributed by atoms with van der Waals surface area (Å²) in [5, 5.41) is 11.1. The monoisotopic (exact) mass is 295 g/mol. The van der Waals surface area contributed by atoms with Crippen molar-refractivity contribution in [3.63, 3.8) is 0 Å². The highest BCUT2D eigenvalue weighted by Crippen LogP contribution is 2.12. The van der Waals surface area contributed by atoms with Crippen LogP contribution < -0.4 is 5.32 Å². The van der Waals surface area contributed by atoms with Gasteiger partial charge in [0.1, 0.15) is 5.82 Å². The van der Waals surface area contributed by atoms with Crippen LogP contribution in [0, 0.1) is 5.82 Å². The molecule has 1 rings (SSSR count). The molecule has 0 unspecified atom stereocenters. The Hall–Kier alpha value is -2.21. The van der Waals surface area contributed by atoms with E-state index in [1.165, 1.54) is 18.2 Å². The highest BCUT2D eigenvalue weighted by Gasteiger charge is 2.11. The Balaban J connectivity index is 2.65. The molecule has 0 fully saturated rings. The largest absolute Gasteiger partial charge is 0.478 e. The van der Waals surface area contributed by atoms with E-state index in [4.69, 9.17) is 9.84 Å². The van der Waals surface area contributed by atoms with Crippen LogP contribution in [0.2, 0.25) is 0 Å². The van der Waals surface area contributed by atoms with E-state index in [0.717, 1.165) is 12.1 Å². The van der Waals surface area contributed by atoms with Crippen molar-refractivity contribution < 1.29 is 23.8 Å². The lowest BCUT2D eigenvalue weighted by Gasteiger charge is -2.07. The van der Waals surface area contributed by atoms with Crippen molar-refractivity contribution in [2.45, 2.75) is 13.3 Å². The number of benzene rings is 1. The summed E-state index contributed by atoms with van der Waals surface area (Å²) < 4.78 is 18.8. The molecule has 0 aliphatic carbocycles. The third-order valence-corrected chi connectivity index (χ3v) is 2.61. The lowest BCUT2D eigenvalue weighted by Crippen LogP contribution is -2.26. The van der Waals surface area contributed by atoms with Gasteiger partial charge in [-0.05, 0) is 37.1 Å². The van der Waals surface area contributed by atoms with Gasteiger partial charge in [-0.2, -0.15) is 0 Å². The molecule has 1 aromatic rings. The Morgan fingerprint density at radius 3 is 2.86 bits per heavy atom. The van der Waals surface area contributed by atoms with Crippen molar-refractivity contribution in [2.24, 2.45) is 0 Å². The zero-order valence-electron chi connectivity index (χ0n) is 11.8. The van der Waals surface area contributed by atoms with Gasteiger partial charge in [0.25, 0.3) is 5.91 Å². The number of carbonyl (C=O) groups excluding carboxylic acids is 1. The average molecular weight is 295 g/mol. The molecule has 0 spiro atoms. The average Bonchev–Trinajstić information content (AvgIpc) is 2.45. The molecule has 0 aliphatic heterocycles. The van der Waals surface area contributed by atoms with Crippen LogP contribution in [0.3, 0.4) is 0 Å². The third kappa shape index (κ3) is 6.18. The number of halogens is 1. The summed E-state index contributed by atoms with van der Waals surface area (Å²) in [5.74, 6) is -2.29. The van der Waals surface area contributed by atoms with Gasteiger partial charge in [0.2, 0.25) is 0 Å². The number of nitrogens with one attached hydrogen (secondary N) is 1. The molecule has 21 heavy (non-hydrogen) atoms. The van der Waals surface area contributed by atoms with Crippen molar-refractivity contribution in [1.82, 2.24) is 5.32 Å². The first-order valence-corrected chi connectivity index (χ1v) is 6.61. The minimum atomic E-state index is -1.11. The van der Waals surface area contributed by atoms with Crippen LogP contribution in [0.5, 0.6) is 0 Å². The standard InChI is InChI=1S/C15H18FNO4/c1-2-21-9-3-8-17-15(20)12-10-11(4-6-13(12)16)5-7-14(18)19/h4-7,10H,2-3,8-9H2,1H3,(H,17,20)(H,18,19). The maximum absolute atomic E-state index is 13.6. The van der Waals surface area contributed by atoms with E-state index in [1.807, 2.05) is 6.92 Å². The molecule has 0 atom stereocenters. The lowest BCUT2D eigenvalue weighted by atomic mass is 10.1. The van der Waals surface area contributed by atoms with E-state index >= 15 is 0 Å². The zero-order chi connectivity index (χ0) is 15.7. The van der Waals surface area contributed by atoms with E-state index < -0.39 is 17.7 Å². The highest BCUT2D eigenvalue weighted by atomic mass is 19.1. The van der Waals surface area contributed by atoms with Crippen molar-refractivity contribution >= 4 is 18.0 Å². The molecule has 5 nitrogen and oxygen atoms in total. The molecular formula is C15H18FNO4. The van der Waals surface area contributed by atoms with Crippen molar-refractivity contribution in [1.29, 1.82) is 0 Å². The first kappa shape index (κ1) is 16.8. The topological polar surface area (TPSA) is 75.6 Å². The Morgan fingerprint density at radius 2 is 2.19 bits per heavy atom. The van der Waals surface area contributed by atoms with Crippen molar-refractivity contribution in [3.05, 3.63) is 41.2 Å². The summed E-state index contributed by atoms with van der Waals surface area (Å²) >= 11 is 0. The maximum atomic E-state index is 13.6. The van der Waals surface area contributed by atoms with Gasteiger partial charge in [-0.1, -0.05) is 6.07 Å². The van der Waals surface area contributed by atoms with Crippen LogP contribution in [-0.2, 0) is 9.53 Å². The quantitative estimate of drug-likeness (QED) is 0.569. The number of aliphatic carboxylic acids is 1. The summed E-state index contributed by atoms with van der Waals surface area (Å²) in [4.78, 5) is 22.3. The number of carboxylic acids is 1. The van der Waals surface area contributed by atoms with E-state index in [-0.39, 0.29) is 5.56 Å². The Labute approximate surface area is 122 Å². The summed E-state index contributed by atoms with van der Waals surface area (Å²) in [7, 11) is 0. The first-order chi connectivity index (χ1) is 10.0. The van der Waals surface area contributed by atoms with Gasteiger partial charge in [0.05, 0.1) is 5.56 Å². The van der Waals surface area contributed by atoms with E-state index in [0.29, 0.717) is 31.7 Å². The molecule has 114 valence electrons. The Kier molecular flexibility index (Phi) is 7.11. The van der Waals surface area contributed by atoms with Crippen LogP contribution in [0.15, 0.2) is 24.3 Å². The summed E-state index contributed by atoms with van der Waals surface area (Å²) in [5.41, 5.74) is 0.331. The van der Waals surface area contributed by atoms with Crippen LogP contribution >= 0.6 is 0 Å². The smallest absolute Gasteiger partial charge is 0.328 e. The van der Waals surface area contributed by atoms with Crippen LogP contribution in [0.4, 0.5) is 4.39 Å². The van der Waals surface area contributed by atoms with Gasteiger partial charge >= 0.3 is 5.97 Å². The van der Waals surface area contributed by atoms with Crippen molar-refractivity contribution in [3.8, 4) is 0 Å². The van der Waals surface area contributed by atoms with Gasteiger partial charge in [-0.15, -0.1) is 0 Å². The minimum Gasteiger partial charge on any atom is -0.478 e. The maximum Gasteiger partial charge on any atom is 0.328 e. The molecule has 0 bridgehead atoms. The second kappa shape index (κ2) is 8.86. The fourth-order valence-electron chi connectivity index (χ4n) is 1.60. The third-order valence-electron chi connectivity index (χ3n) is 2.61. The Bertz CT molecular complexity index is 528. The van der Waals surface area contributed by atoms with Gasteiger partial charge in [-0.3, -0.25) is 4.79 Å². The normalized spacial score (nSPS) is 10.8. The number of hydrogen-bond donors (Lipinski definition) is 2. The number of hydrogen-bond acceptors (Lipinski definition) is 3. The molecule has 0 saturated carbocycles. The van der Waals surface area contributed by atoms with E-state index in [2.05, 4.69) is 5.32 Å². The van der Waals surface area contributed by atoms with Crippen LogP contribution in [0.1, 0.15) is 29.3 Å². The molecular weight excluding hydrogens is 277 g/mol. The molecule has 0 heterocycles. The fourth-order valence-corrected chi connectivity index (χ4v) is 1.60. The molecule has 1 amide bonds. The van der Waals surface area contributed by atoms with Gasteiger partial charge in [-0.25, -0.2) is 9.18 Å². The second-order valence-electron chi connectivity index (χ2n) is 4.22. The molecule has 0 aliphatic rings. The lowest BCUT2D eigenvalue weighted by molar-refractivity contribution is -0.131. The molecule has 1 aromatic carbocycles. The molecule has 0 radical (unpaired) electrons. The number of rotatable bonds is 8. The summed E-state index contributed by atoms with van der Waals surface area (Å²) in [6.45, 7) is 3.40. The highest BCUT2D eigenvalue weighted by molar-refractivity contribution is 5.95. The minimum absolute atomic E-state index is 0.112. The fraction of sp³-hybridized carbons (Fsp3) is 0.333. The molecule has 6 heteroatoms. The van der Waals surface area contributed by atoms with E-state index in [9.17, 15) is 14.0 Å².